The molecule has 0 amide bonds. The topological polar surface area (TPSA) is 52.6 Å². The van der Waals surface area contributed by atoms with E-state index < -0.39 is 12.0 Å². The number of likely N-dealkylation sites (N-methyl/N-ethyl adjacent to an activating group) is 1. The smallest absolute Gasteiger partial charge is 0.320 e. The van der Waals surface area contributed by atoms with Crippen LogP contribution in [0.15, 0.2) is 12.2 Å². The van der Waals surface area contributed by atoms with Gasteiger partial charge in [0.15, 0.2) is 0 Å². The quantitative estimate of drug-likeness (QED) is 0.648. The average Bonchev–Trinajstić information content (AvgIpc) is 2.39. The predicted octanol–water partition coefficient (Wildman–Crippen LogP) is 1.73. The van der Waals surface area contributed by atoms with Crippen LogP contribution in [0.5, 0.6) is 0 Å². The monoisotopic (exact) mass is 254 g/mol. The third-order valence-electron chi connectivity index (χ3n) is 3.73. The largest absolute Gasteiger partial charge is 0.480 e. The van der Waals surface area contributed by atoms with E-state index in [1.54, 1.807) is 0 Å². The zero-order valence-electron chi connectivity index (χ0n) is 11.6. The summed E-state index contributed by atoms with van der Waals surface area (Å²) in [5.41, 5.74) is 0. The molecule has 18 heavy (non-hydrogen) atoms. The van der Waals surface area contributed by atoms with E-state index >= 15 is 0 Å². The summed E-state index contributed by atoms with van der Waals surface area (Å²) in [5, 5.41) is 12.5. The molecule has 0 aromatic carbocycles. The van der Waals surface area contributed by atoms with E-state index in [0.717, 1.165) is 45.4 Å². The Balaban J connectivity index is 2.38. The molecule has 2 N–H and O–H groups in total. The minimum Gasteiger partial charge on any atom is -0.480 e. The van der Waals surface area contributed by atoms with Crippen molar-refractivity contribution in [2.24, 2.45) is 5.92 Å². The van der Waals surface area contributed by atoms with Crippen LogP contribution in [0.3, 0.4) is 0 Å². The number of rotatable bonds is 8. The predicted molar refractivity (Wildman–Crippen MR) is 73.7 cm³/mol. The van der Waals surface area contributed by atoms with Gasteiger partial charge in [0.25, 0.3) is 0 Å². The highest BCUT2D eigenvalue weighted by Crippen LogP contribution is 2.21. The standard InChI is InChI=1S/C14H26N2O2/c1-3-16(4-2)11-10-15-13(14(17)18)12-8-6-5-7-9-12/h5-6,12-13,15H,3-4,7-11H2,1-2H3,(H,17,18). The van der Waals surface area contributed by atoms with Crippen molar-refractivity contribution in [3.8, 4) is 0 Å². The molecule has 0 radical (unpaired) electrons. The SMILES string of the molecule is CCN(CC)CCNC(C(=O)O)C1CC=CCC1. The molecule has 104 valence electrons. The zero-order valence-corrected chi connectivity index (χ0v) is 11.6. The summed E-state index contributed by atoms with van der Waals surface area (Å²) < 4.78 is 0. The molecule has 2 unspecified atom stereocenters. The average molecular weight is 254 g/mol. The van der Waals surface area contributed by atoms with Gasteiger partial charge in [-0.1, -0.05) is 26.0 Å². The lowest BCUT2D eigenvalue weighted by molar-refractivity contribution is -0.141. The van der Waals surface area contributed by atoms with E-state index in [9.17, 15) is 9.90 Å². The maximum atomic E-state index is 11.3. The first-order valence-electron chi connectivity index (χ1n) is 7.02. The molecule has 1 rings (SSSR count). The Hall–Kier alpha value is -0.870. The number of hydrogen-bond donors (Lipinski definition) is 2. The van der Waals surface area contributed by atoms with Crippen molar-refractivity contribution in [3.63, 3.8) is 0 Å². The van der Waals surface area contributed by atoms with Crippen molar-refractivity contribution >= 4 is 5.97 Å². The maximum Gasteiger partial charge on any atom is 0.320 e. The van der Waals surface area contributed by atoms with Crippen LogP contribution < -0.4 is 5.32 Å². The third kappa shape index (κ3) is 4.78. The van der Waals surface area contributed by atoms with Gasteiger partial charge >= 0.3 is 5.97 Å². The van der Waals surface area contributed by atoms with Crippen LogP contribution in [0.2, 0.25) is 0 Å². The van der Waals surface area contributed by atoms with Crippen LogP contribution in [0.4, 0.5) is 0 Å². The van der Waals surface area contributed by atoms with Crippen LogP contribution in [-0.2, 0) is 4.79 Å². The first kappa shape index (κ1) is 15.2. The number of carboxylic acids is 1. The molecule has 0 fully saturated rings. The first-order chi connectivity index (χ1) is 8.69. The first-order valence-corrected chi connectivity index (χ1v) is 7.02. The van der Waals surface area contributed by atoms with Gasteiger partial charge in [0.05, 0.1) is 0 Å². The van der Waals surface area contributed by atoms with E-state index in [-0.39, 0.29) is 5.92 Å². The summed E-state index contributed by atoms with van der Waals surface area (Å²) in [5.74, 6) is -0.473. The normalized spacial score (nSPS) is 21.2. The van der Waals surface area contributed by atoms with Crippen molar-refractivity contribution in [1.29, 1.82) is 0 Å². The number of carboxylic acid groups (broad SMARTS) is 1. The zero-order chi connectivity index (χ0) is 13.4. The van der Waals surface area contributed by atoms with Gasteiger partial charge in [0.2, 0.25) is 0 Å². The van der Waals surface area contributed by atoms with Crippen molar-refractivity contribution in [2.75, 3.05) is 26.2 Å². The van der Waals surface area contributed by atoms with Crippen LogP contribution in [0.25, 0.3) is 0 Å². The summed E-state index contributed by atoms with van der Waals surface area (Å²) in [6.45, 7) is 7.95. The fourth-order valence-corrected chi connectivity index (χ4v) is 2.49. The summed E-state index contributed by atoms with van der Waals surface area (Å²) in [4.78, 5) is 13.6. The van der Waals surface area contributed by atoms with E-state index in [0.29, 0.717) is 0 Å². The fraction of sp³-hybridized carbons (Fsp3) is 0.786. The lowest BCUT2D eigenvalue weighted by Gasteiger charge is -2.27. The van der Waals surface area contributed by atoms with Crippen LogP contribution in [0, 0.1) is 5.92 Å². The molecule has 0 aromatic rings. The summed E-state index contributed by atoms with van der Waals surface area (Å²) >= 11 is 0. The van der Waals surface area contributed by atoms with Gasteiger partial charge in [-0.05, 0) is 38.3 Å². The molecule has 0 bridgehead atoms. The molecule has 4 heteroatoms. The minimum atomic E-state index is -0.713. The number of carbonyl (C=O) groups is 1. The second kappa shape index (κ2) is 8.27. The number of aliphatic carboxylic acids is 1. The van der Waals surface area contributed by atoms with Gasteiger partial charge in [-0.15, -0.1) is 0 Å². The minimum absolute atomic E-state index is 0.240. The molecule has 1 aliphatic carbocycles. The van der Waals surface area contributed by atoms with E-state index in [1.165, 1.54) is 0 Å². The number of nitrogens with zero attached hydrogens (tertiary/aromatic N) is 1. The van der Waals surface area contributed by atoms with Crippen LogP contribution in [-0.4, -0.2) is 48.2 Å². The Morgan fingerprint density at radius 3 is 2.67 bits per heavy atom. The molecule has 0 saturated heterocycles. The Bertz CT molecular complexity index is 275. The van der Waals surface area contributed by atoms with Gasteiger partial charge in [0, 0.05) is 13.1 Å². The Labute approximate surface area is 110 Å². The molecular formula is C14H26N2O2. The van der Waals surface area contributed by atoms with Gasteiger partial charge in [-0.25, -0.2) is 0 Å². The Kier molecular flexibility index (Phi) is 6.98. The lowest BCUT2D eigenvalue weighted by Crippen LogP contribution is -2.46. The number of hydrogen-bond acceptors (Lipinski definition) is 3. The Morgan fingerprint density at radius 1 is 1.44 bits per heavy atom. The highest BCUT2D eigenvalue weighted by atomic mass is 16.4. The molecule has 0 aliphatic heterocycles. The molecule has 2 atom stereocenters. The second-order valence-corrected chi connectivity index (χ2v) is 4.84. The molecule has 0 saturated carbocycles. The van der Waals surface area contributed by atoms with Crippen molar-refractivity contribution in [1.82, 2.24) is 10.2 Å². The lowest BCUT2D eigenvalue weighted by atomic mass is 9.87. The molecule has 1 aliphatic rings. The summed E-state index contributed by atoms with van der Waals surface area (Å²) in [6, 6.07) is -0.398. The molecule has 0 aromatic heterocycles. The molecule has 0 heterocycles. The summed E-state index contributed by atoms with van der Waals surface area (Å²) in [6.07, 6.45) is 7.12. The van der Waals surface area contributed by atoms with Gasteiger partial charge in [-0.3, -0.25) is 4.79 Å². The molecule has 4 nitrogen and oxygen atoms in total. The summed E-state index contributed by atoms with van der Waals surface area (Å²) in [7, 11) is 0. The van der Waals surface area contributed by atoms with E-state index in [2.05, 4.69) is 36.2 Å². The van der Waals surface area contributed by atoms with Crippen molar-refractivity contribution < 1.29 is 9.90 Å². The third-order valence-corrected chi connectivity index (χ3v) is 3.73. The maximum absolute atomic E-state index is 11.3. The number of allylic oxidation sites excluding steroid dienone is 2. The van der Waals surface area contributed by atoms with Crippen LogP contribution >= 0.6 is 0 Å². The molecular weight excluding hydrogens is 228 g/mol. The van der Waals surface area contributed by atoms with Crippen molar-refractivity contribution in [2.45, 2.75) is 39.2 Å². The van der Waals surface area contributed by atoms with Crippen molar-refractivity contribution in [3.05, 3.63) is 12.2 Å². The van der Waals surface area contributed by atoms with Gasteiger partial charge in [-0.2, -0.15) is 0 Å². The highest BCUT2D eigenvalue weighted by Gasteiger charge is 2.27. The second-order valence-electron chi connectivity index (χ2n) is 4.84. The Morgan fingerprint density at radius 2 is 2.17 bits per heavy atom. The van der Waals surface area contributed by atoms with E-state index in [4.69, 9.17) is 0 Å². The number of nitrogens with one attached hydrogen (secondary N) is 1. The highest BCUT2D eigenvalue weighted by molar-refractivity contribution is 5.73. The van der Waals surface area contributed by atoms with Crippen LogP contribution in [0.1, 0.15) is 33.1 Å². The van der Waals surface area contributed by atoms with Gasteiger partial charge < -0.3 is 15.3 Å². The fourth-order valence-electron chi connectivity index (χ4n) is 2.49. The molecule has 0 spiro atoms. The van der Waals surface area contributed by atoms with E-state index in [1.807, 2.05) is 0 Å². The van der Waals surface area contributed by atoms with Gasteiger partial charge in [0.1, 0.15) is 6.04 Å².